The highest BCUT2D eigenvalue weighted by Gasteiger charge is 2.46. The molecule has 3 fully saturated rings. The van der Waals surface area contributed by atoms with Crippen LogP contribution in [0.15, 0.2) is 24.3 Å². The monoisotopic (exact) mass is 267 g/mol. The molecule has 0 spiro atoms. The van der Waals surface area contributed by atoms with Crippen molar-refractivity contribution < 1.29 is 0 Å². The molecule has 0 atom stereocenters. The SMILES string of the molecule is CCC12CCC(CCc3ccc(C#N)cc3)(CC1)CC2. The smallest absolute Gasteiger partial charge is 0.0991 e. The van der Waals surface area contributed by atoms with E-state index in [2.05, 4.69) is 25.1 Å². The van der Waals surface area contributed by atoms with Crippen LogP contribution in [0.25, 0.3) is 0 Å². The minimum atomic E-state index is 0.644. The lowest BCUT2D eigenvalue weighted by molar-refractivity contribution is -0.0162. The topological polar surface area (TPSA) is 23.8 Å². The molecule has 20 heavy (non-hydrogen) atoms. The molecule has 0 aliphatic heterocycles. The van der Waals surface area contributed by atoms with Crippen molar-refractivity contribution in [3.8, 4) is 6.07 Å². The van der Waals surface area contributed by atoms with Crippen LogP contribution < -0.4 is 0 Å². The molecule has 4 rings (SSSR count). The van der Waals surface area contributed by atoms with Crippen LogP contribution in [0.2, 0.25) is 0 Å². The van der Waals surface area contributed by atoms with Gasteiger partial charge in [0, 0.05) is 0 Å². The molecular formula is C19H25N. The third-order valence-electron chi connectivity index (χ3n) is 6.33. The molecule has 3 aliphatic carbocycles. The van der Waals surface area contributed by atoms with Crippen LogP contribution >= 0.6 is 0 Å². The maximum Gasteiger partial charge on any atom is 0.0991 e. The van der Waals surface area contributed by atoms with Gasteiger partial charge in [-0.3, -0.25) is 0 Å². The summed E-state index contributed by atoms with van der Waals surface area (Å²) in [5.74, 6) is 0. The second-order valence-corrected chi connectivity index (χ2v) is 7.16. The van der Waals surface area contributed by atoms with E-state index in [-0.39, 0.29) is 0 Å². The van der Waals surface area contributed by atoms with Gasteiger partial charge in [-0.15, -0.1) is 0 Å². The van der Waals surface area contributed by atoms with Crippen LogP contribution in [-0.2, 0) is 6.42 Å². The molecule has 2 bridgehead atoms. The van der Waals surface area contributed by atoms with Crippen LogP contribution in [-0.4, -0.2) is 0 Å². The van der Waals surface area contributed by atoms with Crippen molar-refractivity contribution in [1.29, 1.82) is 5.26 Å². The van der Waals surface area contributed by atoms with Gasteiger partial charge < -0.3 is 0 Å². The molecule has 0 aromatic heterocycles. The average molecular weight is 267 g/mol. The zero-order valence-corrected chi connectivity index (χ0v) is 12.6. The Hall–Kier alpha value is -1.29. The van der Waals surface area contributed by atoms with Crippen molar-refractivity contribution in [3.63, 3.8) is 0 Å². The van der Waals surface area contributed by atoms with Crippen molar-refractivity contribution in [2.75, 3.05) is 0 Å². The molecule has 0 radical (unpaired) electrons. The Bertz CT molecular complexity index is 481. The summed E-state index contributed by atoms with van der Waals surface area (Å²) in [6.07, 6.45) is 12.7. The minimum absolute atomic E-state index is 0.644. The van der Waals surface area contributed by atoms with E-state index < -0.39 is 0 Å². The van der Waals surface area contributed by atoms with Crippen molar-refractivity contribution in [2.45, 2.75) is 64.7 Å². The molecule has 0 unspecified atom stereocenters. The first-order chi connectivity index (χ1) is 9.69. The first-order valence-corrected chi connectivity index (χ1v) is 8.18. The van der Waals surface area contributed by atoms with Crippen LogP contribution in [0.5, 0.6) is 0 Å². The number of nitriles is 1. The fourth-order valence-corrected chi connectivity index (χ4v) is 4.40. The summed E-state index contributed by atoms with van der Waals surface area (Å²) >= 11 is 0. The average Bonchev–Trinajstić information content (AvgIpc) is 2.55. The van der Waals surface area contributed by atoms with Gasteiger partial charge in [-0.25, -0.2) is 0 Å². The minimum Gasteiger partial charge on any atom is -0.192 e. The molecule has 3 saturated carbocycles. The first kappa shape index (κ1) is 13.7. The highest BCUT2D eigenvalue weighted by Crippen LogP contribution is 2.59. The van der Waals surface area contributed by atoms with Gasteiger partial charge in [0.2, 0.25) is 0 Å². The van der Waals surface area contributed by atoms with Gasteiger partial charge in [-0.2, -0.15) is 5.26 Å². The number of aryl methyl sites for hydroxylation is 1. The Morgan fingerprint density at radius 1 is 0.950 bits per heavy atom. The van der Waals surface area contributed by atoms with Gasteiger partial charge in [0.1, 0.15) is 0 Å². The van der Waals surface area contributed by atoms with Crippen LogP contribution in [0.4, 0.5) is 0 Å². The molecular weight excluding hydrogens is 242 g/mol. The van der Waals surface area contributed by atoms with E-state index in [0.717, 1.165) is 11.0 Å². The fraction of sp³-hybridized carbons (Fsp3) is 0.632. The van der Waals surface area contributed by atoms with E-state index >= 15 is 0 Å². The second-order valence-electron chi connectivity index (χ2n) is 7.16. The molecule has 1 aromatic carbocycles. The van der Waals surface area contributed by atoms with Gasteiger partial charge >= 0.3 is 0 Å². The molecule has 1 heteroatoms. The first-order valence-electron chi connectivity index (χ1n) is 8.18. The largest absolute Gasteiger partial charge is 0.192 e. The van der Waals surface area contributed by atoms with Crippen LogP contribution in [0, 0.1) is 22.2 Å². The summed E-state index contributed by atoms with van der Waals surface area (Å²) in [7, 11) is 0. The zero-order valence-electron chi connectivity index (χ0n) is 12.6. The fourth-order valence-electron chi connectivity index (χ4n) is 4.40. The third-order valence-corrected chi connectivity index (χ3v) is 6.33. The maximum absolute atomic E-state index is 8.84. The van der Waals surface area contributed by atoms with E-state index in [1.54, 1.807) is 0 Å². The van der Waals surface area contributed by atoms with Crippen LogP contribution in [0.1, 0.15) is 69.4 Å². The van der Waals surface area contributed by atoms with Crippen LogP contribution in [0.3, 0.4) is 0 Å². The normalized spacial score (nSPS) is 32.0. The lowest BCUT2D eigenvalue weighted by Crippen LogP contribution is -2.41. The highest BCUT2D eigenvalue weighted by atomic mass is 14.5. The summed E-state index contributed by atoms with van der Waals surface area (Å²) in [4.78, 5) is 0. The summed E-state index contributed by atoms with van der Waals surface area (Å²) in [6, 6.07) is 10.4. The summed E-state index contributed by atoms with van der Waals surface area (Å²) in [5.41, 5.74) is 3.53. The molecule has 0 amide bonds. The second kappa shape index (κ2) is 5.24. The lowest BCUT2D eigenvalue weighted by Gasteiger charge is -2.53. The Balaban J connectivity index is 1.60. The Morgan fingerprint density at radius 2 is 1.50 bits per heavy atom. The number of hydrogen-bond donors (Lipinski definition) is 0. The Kier molecular flexibility index (Phi) is 3.59. The van der Waals surface area contributed by atoms with Gasteiger partial charge in [0.05, 0.1) is 11.6 Å². The molecule has 0 saturated heterocycles. The maximum atomic E-state index is 8.84. The highest BCUT2D eigenvalue weighted by molar-refractivity contribution is 5.31. The predicted molar refractivity (Wildman–Crippen MR) is 82.3 cm³/mol. The van der Waals surface area contributed by atoms with Gasteiger partial charge in [-0.05, 0) is 79.9 Å². The molecule has 0 N–H and O–H groups in total. The third kappa shape index (κ3) is 2.49. The van der Waals surface area contributed by atoms with Crippen molar-refractivity contribution >= 4 is 0 Å². The van der Waals surface area contributed by atoms with E-state index in [1.165, 1.54) is 63.4 Å². The zero-order chi connectivity index (χ0) is 14.1. The van der Waals surface area contributed by atoms with Crippen molar-refractivity contribution in [3.05, 3.63) is 35.4 Å². The predicted octanol–water partition coefficient (Wildman–Crippen LogP) is 5.24. The molecule has 0 heterocycles. The van der Waals surface area contributed by atoms with E-state index in [0.29, 0.717) is 5.41 Å². The lowest BCUT2D eigenvalue weighted by atomic mass is 9.52. The molecule has 3 aliphatic rings. The number of hydrogen-bond acceptors (Lipinski definition) is 1. The van der Waals surface area contributed by atoms with E-state index in [9.17, 15) is 0 Å². The Labute approximate surface area is 123 Å². The van der Waals surface area contributed by atoms with Gasteiger partial charge in [-0.1, -0.05) is 25.5 Å². The van der Waals surface area contributed by atoms with E-state index in [4.69, 9.17) is 5.26 Å². The number of benzene rings is 1. The Morgan fingerprint density at radius 3 is 2.00 bits per heavy atom. The molecule has 106 valence electrons. The quantitative estimate of drug-likeness (QED) is 0.731. The van der Waals surface area contributed by atoms with Gasteiger partial charge in [0.15, 0.2) is 0 Å². The molecule has 1 aromatic rings. The number of nitrogens with zero attached hydrogens (tertiary/aromatic N) is 1. The number of fused-ring (bicyclic) bond motifs is 3. The summed E-state index contributed by atoms with van der Waals surface area (Å²) in [6.45, 7) is 2.38. The summed E-state index contributed by atoms with van der Waals surface area (Å²) < 4.78 is 0. The number of rotatable bonds is 4. The molecule has 1 nitrogen and oxygen atoms in total. The van der Waals surface area contributed by atoms with Crippen molar-refractivity contribution in [2.24, 2.45) is 10.8 Å². The van der Waals surface area contributed by atoms with Crippen molar-refractivity contribution in [1.82, 2.24) is 0 Å². The van der Waals surface area contributed by atoms with Gasteiger partial charge in [0.25, 0.3) is 0 Å². The standard InChI is InChI=1S/C19H25N/c1-2-18-9-12-19(13-10-18,14-11-18)8-7-16-3-5-17(15-20)6-4-16/h3-6H,2,7-14H2,1H3. The van der Waals surface area contributed by atoms with E-state index in [1.807, 2.05) is 12.1 Å². The summed E-state index contributed by atoms with van der Waals surface area (Å²) in [5, 5.41) is 8.84.